The first kappa shape index (κ1) is 19.4. The summed E-state index contributed by atoms with van der Waals surface area (Å²) in [6.07, 6.45) is 3.08. The fourth-order valence-electron chi connectivity index (χ4n) is 3.36. The van der Waals surface area contributed by atoms with Crippen LogP contribution in [0.25, 0.3) is 0 Å². The van der Waals surface area contributed by atoms with Gasteiger partial charge in [0.15, 0.2) is 11.5 Å². The standard InChI is InChI=1S/C21H21ClN4O3/c1-25-7-8-26(13-20(25)15-5-3-2-4-6-15)21(27)19-10-18(29-24-19)14-28-17-9-16(22)11-23-12-17/h2-6,9-12,20H,7-8,13-14H2,1H3/t20-/m1/s1. The van der Waals surface area contributed by atoms with Gasteiger partial charge in [0.25, 0.3) is 5.91 Å². The number of ether oxygens (including phenoxy) is 1. The molecule has 0 aliphatic carbocycles. The number of halogens is 1. The fourth-order valence-corrected chi connectivity index (χ4v) is 3.53. The van der Waals surface area contributed by atoms with Crippen LogP contribution in [0.3, 0.4) is 0 Å². The van der Waals surface area contributed by atoms with Crippen LogP contribution >= 0.6 is 11.6 Å². The molecule has 2 aromatic heterocycles. The van der Waals surface area contributed by atoms with E-state index < -0.39 is 0 Å². The molecular formula is C21H21ClN4O3. The molecule has 1 fully saturated rings. The van der Waals surface area contributed by atoms with Crippen molar-refractivity contribution in [2.45, 2.75) is 12.6 Å². The average molecular weight is 413 g/mol. The largest absolute Gasteiger partial charge is 0.484 e. The minimum Gasteiger partial charge on any atom is -0.484 e. The van der Waals surface area contributed by atoms with Gasteiger partial charge in [-0.05, 0) is 12.6 Å². The first-order valence-electron chi connectivity index (χ1n) is 9.33. The average Bonchev–Trinajstić information content (AvgIpc) is 3.22. The van der Waals surface area contributed by atoms with Crippen LogP contribution in [0.1, 0.15) is 27.9 Å². The van der Waals surface area contributed by atoms with E-state index in [1.165, 1.54) is 11.8 Å². The van der Waals surface area contributed by atoms with Gasteiger partial charge in [0.05, 0.1) is 17.3 Å². The van der Waals surface area contributed by atoms with Gasteiger partial charge in [-0.15, -0.1) is 0 Å². The number of amides is 1. The highest BCUT2D eigenvalue weighted by atomic mass is 35.5. The summed E-state index contributed by atoms with van der Waals surface area (Å²) in [6, 6.07) is 13.6. The van der Waals surface area contributed by atoms with Gasteiger partial charge in [0, 0.05) is 38.0 Å². The molecule has 1 atom stereocenters. The van der Waals surface area contributed by atoms with Crippen molar-refractivity contribution in [3.8, 4) is 5.75 Å². The number of hydrogen-bond acceptors (Lipinski definition) is 6. The monoisotopic (exact) mass is 412 g/mol. The van der Waals surface area contributed by atoms with Crippen molar-refractivity contribution in [2.24, 2.45) is 0 Å². The lowest BCUT2D eigenvalue weighted by Crippen LogP contribution is -2.49. The Kier molecular flexibility index (Phi) is 5.78. The lowest BCUT2D eigenvalue weighted by Gasteiger charge is -2.39. The predicted molar refractivity (Wildman–Crippen MR) is 108 cm³/mol. The van der Waals surface area contributed by atoms with Crippen LogP contribution in [0.4, 0.5) is 0 Å². The Morgan fingerprint density at radius 3 is 2.86 bits per heavy atom. The van der Waals surface area contributed by atoms with Gasteiger partial charge in [-0.3, -0.25) is 14.7 Å². The molecule has 150 valence electrons. The minimum atomic E-state index is -0.140. The summed E-state index contributed by atoms with van der Waals surface area (Å²) in [4.78, 5) is 21.0. The molecule has 3 aromatic rings. The SMILES string of the molecule is CN1CCN(C(=O)c2cc(COc3cncc(Cl)c3)on2)C[C@@H]1c1ccccc1. The molecule has 0 radical (unpaired) electrons. The maximum Gasteiger partial charge on any atom is 0.276 e. The summed E-state index contributed by atoms with van der Waals surface area (Å²) >= 11 is 5.89. The number of carbonyl (C=O) groups excluding carboxylic acids is 1. The third kappa shape index (κ3) is 4.58. The third-order valence-electron chi connectivity index (χ3n) is 4.96. The van der Waals surface area contributed by atoms with Gasteiger partial charge in [0.2, 0.25) is 0 Å². The van der Waals surface area contributed by atoms with Crippen LogP contribution in [-0.4, -0.2) is 52.5 Å². The number of piperazine rings is 1. The second-order valence-corrected chi connectivity index (χ2v) is 7.40. The van der Waals surface area contributed by atoms with Crippen LogP contribution in [-0.2, 0) is 6.61 Å². The topological polar surface area (TPSA) is 71.7 Å². The van der Waals surface area contributed by atoms with E-state index in [4.69, 9.17) is 20.9 Å². The first-order chi connectivity index (χ1) is 14.1. The van der Waals surface area contributed by atoms with Crippen LogP contribution in [0.2, 0.25) is 5.02 Å². The molecule has 1 aromatic carbocycles. The molecule has 4 rings (SSSR count). The first-order valence-corrected chi connectivity index (χ1v) is 9.71. The van der Waals surface area contributed by atoms with E-state index in [-0.39, 0.29) is 24.2 Å². The maximum absolute atomic E-state index is 12.9. The summed E-state index contributed by atoms with van der Waals surface area (Å²) in [7, 11) is 2.08. The van der Waals surface area contributed by atoms with Gasteiger partial charge < -0.3 is 14.2 Å². The number of hydrogen-bond donors (Lipinski definition) is 0. The summed E-state index contributed by atoms with van der Waals surface area (Å²) in [5, 5.41) is 4.42. The lowest BCUT2D eigenvalue weighted by molar-refractivity contribution is 0.0536. The molecule has 0 N–H and O–H groups in total. The van der Waals surface area contributed by atoms with Crippen molar-refractivity contribution in [2.75, 3.05) is 26.7 Å². The van der Waals surface area contributed by atoms with Crippen LogP contribution < -0.4 is 4.74 Å². The summed E-state index contributed by atoms with van der Waals surface area (Å²) in [6.45, 7) is 2.18. The van der Waals surface area contributed by atoms with Gasteiger partial charge in [0.1, 0.15) is 12.4 Å². The molecule has 1 aliphatic rings. The number of benzene rings is 1. The molecule has 3 heterocycles. The van der Waals surface area contributed by atoms with Crippen molar-refractivity contribution in [3.63, 3.8) is 0 Å². The Morgan fingerprint density at radius 2 is 2.07 bits per heavy atom. The Labute approximate surface area is 173 Å². The minimum absolute atomic E-state index is 0.137. The molecule has 0 saturated carbocycles. The van der Waals surface area contributed by atoms with E-state index >= 15 is 0 Å². The summed E-state index contributed by atoms with van der Waals surface area (Å²) in [5.41, 5.74) is 1.47. The molecular weight excluding hydrogens is 392 g/mol. The highest BCUT2D eigenvalue weighted by Crippen LogP contribution is 2.25. The summed E-state index contributed by atoms with van der Waals surface area (Å²) in [5.74, 6) is 0.840. The molecule has 0 bridgehead atoms. The molecule has 1 amide bonds. The zero-order valence-corrected chi connectivity index (χ0v) is 16.7. The number of carbonyl (C=O) groups is 1. The fraction of sp³-hybridized carbons (Fsp3) is 0.286. The quantitative estimate of drug-likeness (QED) is 0.639. The number of rotatable bonds is 5. The van der Waals surface area contributed by atoms with Crippen molar-refractivity contribution in [1.29, 1.82) is 0 Å². The smallest absolute Gasteiger partial charge is 0.276 e. The molecule has 29 heavy (non-hydrogen) atoms. The van der Waals surface area contributed by atoms with Crippen LogP contribution in [0.15, 0.2) is 59.4 Å². The Hall–Kier alpha value is -2.90. The zero-order valence-electron chi connectivity index (χ0n) is 16.0. The van der Waals surface area contributed by atoms with Crippen LogP contribution in [0, 0.1) is 0 Å². The van der Waals surface area contributed by atoms with E-state index in [0.717, 1.165) is 6.54 Å². The van der Waals surface area contributed by atoms with Crippen molar-refractivity contribution < 1.29 is 14.1 Å². The second-order valence-electron chi connectivity index (χ2n) is 6.96. The molecule has 0 spiro atoms. The van der Waals surface area contributed by atoms with Gasteiger partial charge in [-0.25, -0.2) is 0 Å². The van der Waals surface area contributed by atoms with Gasteiger partial charge in [-0.2, -0.15) is 0 Å². The second kappa shape index (κ2) is 8.63. The van der Waals surface area contributed by atoms with Gasteiger partial charge in [-0.1, -0.05) is 47.1 Å². The van der Waals surface area contributed by atoms with E-state index in [9.17, 15) is 4.79 Å². The number of aromatic nitrogens is 2. The Balaban J connectivity index is 1.40. The maximum atomic E-state index is 12.9. The van der Waals surface area contributed by atoms with Crippen molar-refractivity contribution in [1.82, 2.24) is 19.9 Å². The molecule has 8 heteroatoms. The Bertz CT molecular complexity index is 979. The lowest BCUT2D eigenvalue weighted by atomic mass is 10.0. The highest BCUT2D eigenvalue weighted by molar-refractivity contribution is 6.30. The molecule has 7 nitrogen and oxygen atoms in total. The van der Waals surface area contributed by atoms with Crippen LogP contribution in [0.5, 0.6) is 5.75 Å². The zero-order chi connectivity index (χ0) is 20.2. The van der Waals surface area contributed by atoms with E-state index in [1.807, 2.05) is 23.1 Å². The molecule has 1 saturated heterocycles. The Morgan fingerprint density at radius 1 is 1.24 bits per heavy atom. The van der Waals surface area contributed by atoms with Crippen molar-refractivity contribution in [3.05, 3.63) is 76.9 Å². The number of nitrogens with zero attached hydrogens (tertiary/aromatic N) is 4. The molecule has 1 aliphatic heterocycles. The number of likely N-dealkylation sites (N-methyl/N-ethyl adjacent to an activating group) is 1. The van der Waals surface area contributed by atoms with Gasteiger partial charge >= 0.3 is 0 Å². The van der Waals surface area contributed by atoms with E-state index in [2.05, 4.69) is 34.2 Å². The third-order valence-corrected chi connectivity index (χ3v) is 5.17. The highest BCUT2D eigenvalue weighted by Gasteiger charge is 2.30. The van der Waals surface area contributed by atoms with Crippen molar-refractivity contribution >= 4 is 17.5 Å². The molecule has 0 unspecified atom stereocenters. The normalized spacial score (nSPS) is 17.3. The van der Waals surface area contributed by atoms with E-state index in [1.54, 1.807) is 18.3 Å². The predicted octanol–water partition coefficient (Wildman–Crippen LogP) is 3.43. The van der Waals surface area contributed by atoms with E-state index in [0.29, 0.717) is 29.6 Å². The number of pyridine rings is 1. The summed E-state index contributed by atoms with van der Waals surface area (Å²) < 4.78 is 10.9.